The van der Waals surface area contributed by atoms with Crippen molar-refractivity contribution in [3.05, 3.63) is 59.7 Å². The predicted octanol–water partition coefficient (Wildman–Crippen LogP) is 1.76. The number of rotatable bonds is 7. The van der Waals surface area contributed by atoms with Crippen LogP contribution in [0, 0.1) is 6.92 Å². The molecule has 3 rings (SSSR count). The zero-order valence-electron chi connectivity index (χ0n) is 16.4. The molecule has 0 saturated carbocycles. The second-order valence-corrected chi connectivity index (χ2v) is 9.34. The van der Waals surface area contributed by atoms with Gasteiger partial charge in [-0.1, -0.05) is 24.3 Å². The van der Waals surface area contributed by atoms with Gasteiger partial charge in [-0.3, -0.25) is 0 Å². The van der Waals surface area contributed by atoms with Gasteiger partial charge >= 0.3 is 0 Å². The third-order valence-corrected chi connectivity index (χ3v) is 6.75. The lowest BCUT2D eigenvalue weighted by molar-refractivity contribution is -0.918. The quantitative estimate of drug-likeness (QED) is 0.760. The first kappa shape index (κ1) is 19.9. The van der Waals surface area contributed by atoms with Gasteiger partial charge in [0.2, 0.25) is 10.0 Å². The molecule has 0 radical (unpaired) electrons. The van der Waals surface area contributed by atoms with Crippen LogP contribution in [0.4, 0.5) is 5.69 Å². The van der Waals surface area contributed by atoms with Crippen LogP contribution in [0.2, 0.25) is 0 Å². The molecule has 5 nitrogen and oxygen atoms in total. The molecule has 27 heavy (non-hydrogen) atoms. The molecule has 0 spiro atoms. The van der Waals surface area contributed by atoms with Gasteiger partial charge in [-0.25, -0.2) is 13.1 Å². The monoisotopic (exact) mass is 388 g/mol. The van der Waals surface area contributed by atoms with Crippen molar-refractivity contribution in [2.75, 3.05) is 38.6 Å². The number of nitrogens with zero attached hydrogens (tertiary/aromatic N) is 1. The minimum Gasteiger partial charge on any atom is -0.378 e. The highest BCUT2D eigenvalue weighted by atomic mass is 32.2. The van der Waals surface area contributed by atoms with E-state index in [9.17, 15) is 8.42 Å². The smallest absolute Gasteiger partial charge is 0.240 e. The Morgan fingerprint density at radius 2 is 1.74 bits per heavy atom. The van der Waals surface area contributed by atoms with Gasteiger partial charge in [-0.2, -0.15) is 0 Å². The van der Waals surface area contributed by atoms with E-state index in [-0.39, 0.29) is 6.04 Å². The lowest BCUT2D eigenvalue weighted by Gasteiger charge is -2.26. The lowest BCUT2D eigenvalue weighted by atomic mass is 10.1. The molecule has 1 fully saturated rings. The van der Waals surface area contributed by atoms with Gasteiger partial charge in [0.1, 0.15) is 6.04 Å². The van der Waals surface area contributed by atoms with Crippen molar-refractivity contribution in [3.8, 4) is 0 Å². The summed E-state index contributed by atoms with van der Waals surface area (Å²) in [7, 11) is 0.535. The summed E-state index contributed by atoms with van der Waals surface area (Å²) in [4.78, 5) is 3.86. The van der Waals surface area contributed by atoms with Gasteiger partial charge in [0.25, 0.3) is 0 Å². The van der Waals surface area contributed by atoms with Gasteiger partial charge in [-0.15, -0.1) is 0 Å². The van der Waals surface area contributed by atoms with Crippen molar-refractivity contribution in [2.45, 2.75) is 30.7 Å². The van der Waals surface area contributed by atoms with Gasteiger partial charge in [0.05, 0.1) is 24.5 Å². The molecule has 1 heterocycles. The van der Waals surface area contributed by atoms with E-state index in [2.05, 4.69) is 33.9 Å². The van der Waals surface area contributed by atoms with E-state index in [0.717, 1.165) is 24.3 Å². The van der Waals surface area contributed by atoms with Crippen molar-refractivity contribution in [2.24, 2.45) is 0 Å². The maximum atomic E-state index is 12.8. The maximum absolute atomic E-state index is 12.8. The Kier molecular flexibility index (Phi) is 6.19. The summed E-state index contributed by atoms with van der Waals surface area (Å²) >= 11 is 0. The van der Waals surface area contributed by atoms with E-state index in [1.54, 1.807) is 18.2 Å². The summed E-state index contributed by atoms with van der Waals surface area (Å²) in [5.74, 6) is 0. The van der Waals surface area contributed by atoms with Gasteiger partial charge in [0, 0.05) is 38.2 Å². The Morgan fingerprint density at radius 1 is 1.07 bits per heavy atom. The van der Waals surface area contributed by atoms with Gasteiger partial charge in [-0.05, 0) is 36.8 Å². The van der Waals surface area contributed by atoms with E-state index in [1.165, 1.54) is 23.3 Å². The van der Waals surface area contributed by atoms with Crippen LogP contribution < -0.4 is 14.5 Å². The second-order valence-electron chi connectivity index (χ2n) is 7.57. The average molecular weight is 389 g/mol. The van der Waals surface area contributed by atoms with Crippen LogP contribution in [0.5, 0.6) is 0 Å². The minimum absolute atomic E-state index is 0.128. The SMILES string of the molecule is Cc1cccc(S(=O)(=O)NC[C@@H](c2ccc(N(C)C)cc2)[NH+]2CCCC2)c1. The molecule has 1 aliphatic rings. The number of quaternary nitrogens is 1. The van der Waals surface area contributed by atoms with Crippen LogP contribution in [-0.4, -0.2) is 42.1 Å². The zero-order valence-corrected chi connectivity index (χ0v) is 17.2. The lowest BCUT2D eigenvalue weighted by Crippen LogP contribution is -3.11. The van der Waals surface area contributed by atoms with Crippen molar-refractivity contribution >= 4 is 15.7 Å². The van der Waals surface area contributed by atoms with E-state index >= 15 is 0 Å². The molecule has 0 bridgehead atoms. The molecular formula is C21H30N3O2S+. The van der Waals surface area contributed by atoms with Crippen molar-refractivity contribution < 1.29 is 13.3 Å². The third-order valence-electron chi connectivity index (χ3n) is 5.33. The number of aryl methyl sites for hydroxylation is 1. The fourth-order valence-corrected chi connectivity index (χ4v) is 4.89. The second kappa shape index (κ2) is 8.42. The standard InChI is InChI=1S/C21H29N3O2S/c1-17-7-6-8-20(15-17)27(25,26)22-16-21(24-13-4-5-14-24)18-9-11-19(12-10-18)23(2)3/h6-12,15,21-22H,4-5,13-14,16H2,1-3H3/p+1/t21-/m0/s1. The van der Waals surface area contributed by atoms with Crippen LogP contribution in [-0.2, 0) is 10.0 Å². The molecule has 0 aliphatic carbocycles. The Balaban J connectivity index is 1.79. The van der Waals surface area contributed by atoms with Crippen LogP contribution in [0.15, 0.2) is 53.4 Å². The number of nitrogens with one attached hydrogen (secondary N) is 2. The first-order chi connectivity index (χ1) is 12.9. The van der Waals surface area contributed by atoms with E-state index in [0.29, 0.717) is 11.4 Å². The molecule has 1 saturated heterocycles. The molecule has 1 atom stereocenters. The summed E-state index contributed by atoms with van der Waals surface area (Å²) in [6.45, 7) is 4.49. The molecule has 146 valence electrons. The topological polar surface area (TPSA) is 53.9 Å². The highest BCUT2D eigenvalue weighted by Gasteiger charge is 2.29. The number of hydrogen-bond acceptors (Lipinski definition) is 3. The van der Waals surface area contributed by atoms with Crippen LogP contribution >= 0.6 is 0 Å². The number of sulfonamides is 1. The molecule has 6 heteroatoms. The molecule has 1 aliphatic heterocycles. The number of benzene rings is 2. The van der Waals surface area contributed by atoms with Gasteiger partial charge < -0.3 is 9.80 Å². The number of likely N-dealkylation sites (tertiary alicyclic amines) is 1. The van der Waals surface area contributed by atoms with Crippen molar-refractivity contribution in [3.63, 3.8) is 0 Å². The highest BCUT2D eigenvalue weighted by molar-refractivity contribution is 7.89. The van der Waals surface area contributed by atoms with E-state index in [1.807, 2.05) is 27.1 Å². The van der Waals surface area contributed by atoms with Crippen LogP contribution in [0.3, 0.4) is 0 Å². The summed E-state index contributed by atoms with van der Waals surface area (Å²) in [5, 5.41) is 0. The number of anilines is 1. The molecule has 2 aromatic carbocycles. The van der Waals surface area contributed by atoms with E-state index in [4.69, 9.17) is 0 Å². The first-order valence-corrected chi connectivity index (χ1v) is 11.0. The molecular weight excluding hydrogens is 358 g/mol. The van der Waals surface area contributed by atoms with E-state index < -0.39 is 10.0 Å². The van der Waals surface area contributed by atoms with Crippen molar-refractivity contribution in [1.82, 2.24) is 4.72 Å². The van der Waals surface area contributed by atoms with Crippen molar-refractivity contribution in [1.29, 1.82) is 0 Å². The molecule has 2 aromatic rings. The summed E-state index contributed by atoms with van der Waals surface area (Å²) in [5.41, 5.74) is 3.28. The largest absolute Gasteiger partial charge is 0.378 e. The Labute approximate surface area is 163 Å². The Hall–Kier alpha value is -1.89. The normalized spacial score (nSPS) is 16.4. The third kappa shape index (κ3) is 4.89. The molecule has 0 amide bonds. The van der Waals surface area contributed by atoms with Crippen LogP contribution in [0.25, 0.3) is 0 Å². The summed E-state index contributed by atoms with van der Waals surface area (Å²) < 4.78 is 28.4. The maximum Gasteiger partial charge on any atom is 0.240 e. The average Bonchev–Trinajstić information content (AvgIpc) is 3.16. The summed E-state index contributed by atoms with van der Waals surface area (Å²) in [6, 6.07) is 15.7. The highest BCUT2D eigenvalue weighted by Crippen LogP contribution is 2.18. The van der Waals surface area contributed by atoms with Gasteiger partial charge in [0.15, 0.2) is 0 Å². The fraction of sp³-hybridized carbons (Fsp3) is 0.429. The zero-order chi connectivity index (χ0) is 19.4. The minimum atomic E-state index is -3.51. The fourth-order valence-electron chi connectivity index (χ4n) is 3.74. The van der Waals surface area contributed by atoms with Crippen LogP contribution in [0.1, 0.15) is 30.0 Å². The first-order valence-electron chi connectivity index (χ1n) is 9.55. The molecule has 2 N–H and O–H groups in total. The molecule has 0 unspecified atom stereocenters. The predicted molar refractivity (Wildman–Crippen MR) is 110 cm³/mol. The molecule has 0 aromatic heterocycles. The summed E-state index contributed by atoms with van der Waals surface area (Å²) in [6.07, 6.45) is 2.40. The number of hydrogen-bond donors (Lipinski definition) is 2. The Bertz CT molecular complexity index is 857. The Morgan fingerprint density at radius 3 is 2.33 bits per heavy atom.